The highest BCUT2D eigenvalue weighted by atomic mass is 19.1. The number of aromatic nitrogens is 1. The molecule has 4 rings (SSSR count). The van der Waals surface area contributed by atoms with E-state index < -0.39 is 5.82 Å². The van der Waals surface area contributed by atoms with Gasteiger partial charge in [-0.3, -0.25) is 4.79 Å². The second kappa shape index (κ2) is 6.51. The molecule has 0 bridgehead atoms. The molecule has 3 aromatic rings. The van der Waals surface area contributed by atoms with Gasteiger partial charge in [-0.1, -0.05) is 24.3 Å². The van der Waals surface area contributed by atoms with Crippen molar-refractivity contribution in [2.24, 2.45) is 0 Å². The fourth-order valence-electron chi connectivity index (χ4n) is 3.10. The highest BCUT2D eigenvalue weighted by Crippen LogP contribution is 2.21. The first-order valence-electron chi connectivity index (χ1n) is 8.26. The summed E-state index contributed by atoms with van der Waals surface area (Å²) in [5.41, 5.74) is 1.25. The first kappa shape index (κ1) is 15.6. The van der Waals surface area contributed by atoms with E-state index in [1.54, 1.807) is 17.0 Å². The van der Waals surface area contributed by atoms with Gasteiger partial charge in [-0.25, -0.2) is 9.37 Å². The average molecular weight is 336 g/mol. The number of rotatable bonds is 3. The van der Waals surface area contributed by atoms with Gasteiger partial charge in [0.05, 0.1) is 12.1 Å². The van der Waals surface area contributed by atoms with Gasteiger partial charge in [0.1, 0.15) is 11.9 Å². The second-order valence-electron chi connectivity index (χ2n) is 6.13. The lowest BCUT2D eigenvalue weighted by Gasteiger charge is -2.17. The van der Waals surface area contributed by atoms with Gasteiger partial charge in [-0.15, -0.1) is 0 Å². The maximum absolute atomic E-state index is 13.3. The quantitative estimate of drug-likeness (QED) is 0.733. The van der Waals surface area contributed by atoms with Crippen molar-refractivity contribution >= 4 is 16.8 Å². The highest BCUT2D eigenvalue weighted by molar-refractivity contribution is 5.94. The predicted octanol–water partition coefficient (Wildman–Crippen LogP) is 3.67. The predicted molar refractivity (Wildman–Crippen MR) is 93.1 cm³/mol. The van der Waals surface area contributed by atoms with Crippen LogP contribution in [-0.4, -0.2) is 35.0 Å². The number of fused-ring (bicyclic) bond motifs is 1. The van der Waals surface area contributed by atoms with Crippen LogP contribution in [-0.2, 0) is 0 Å². The monoisotopic (exact) mass is 336 g/mol. The van der Waals surface area contributed by atoms with Gasteiger partial charge in [0.25, 0.3) is 5.91 Å². The molecule has 2 heterocycles. The molecular formula is C20H17FN2O2. The molecule has 5 heteroatoms. The molecule has 1 aliphatic rings. The Morgan fingerprint density at radius 1 is 1.12 bits per heavy atom. The Bertz CT molecular complexity index is 928. The Morgan fingerprint density at radius 3 is 2.88 bits per heavy atom. The van der Waals surface area contributed by atoms with Crippen molar-refractivity contribution in [3.63, 3.8) is 0 Å². The van der Waals surface area contributed by atoms with Gasteiger partial charge in [-0.2, -0.15) is 0 Å². The Labute approximate surface area is 144 Å². The molecule has 1 unspecified atom stereocenters. The average Bonchev–Trinajstić information content (AvgIpc) is 3.09. The third-order valence-corrected chi connectivity index (χ3v) is 4.36. The summed E-state index contributed by atoms with van der Waals surface area (Å²) in [5, 5.41) is 1.06. The SMILES string of the molecule is O=C(c1cccc(F)c1)N1CCC(Oc2ccc3ccccc3n2)C1. The molecule has 0 aliphatic carbocycles. The number of hydrogen-bond acceptors (Lipinski definition) is 3. The fraction of sp³-hybridized carbons (Fsp3) is 0.200. The van der Waals surface area contributed by atoms with Crippen LogP contribution in [0.25, 0.3) is 10.9 Å². The molecule has 2 aromatic carbocycles. The lowest BCUT2D eigenvalue weighted by Crippen LogP contribution is -2.31. The third-order valence-electron chi connectivity index (χ3n) is 4.36. The molecule has 25 heavy (non-hydrogen) atoms. The number of halogens is 1. The summed E-state index contributed by atoms with van der Waals surface area (Å²) < 4.78 is 19.2. The molecule has 1 fully saturated rings. The minimum atomic E-state index is -0.404. The van der Waals surface area contributed by atoms with E-state index >= 15 is 0 Å². The smallest absolute Gasteiger partial charge is 0.254 e. The minimum absolute atomic E-state index is 0.105. The summed E-state index contributed by atoms with van der Waals surface area (Å²) >= 11 is 0. The second-order valence-corrected chi connectivity index (χ2v) is 6.13. The number of para-hydroxylation sites is 1. The Morgan fingerprint density at radius 2 is 2.00 bits per heavy atom. The standard InChI is InChI=1S/C20H17FN2O2/c21-16-6-3-5-15(12-16)20(24)23-11-10-17(13-23)25-19-9-8-14-4-1-2-7-18(14)22-19/h1-9,12,17H,10-11,13H2. The van der Waals surface area contributed by atoms with Crippen LogP contribution in [0.5, 0.6) is 5.88 Å². The molecule has 0 N–H and O–H groups in total. The highest BCUT2D eigenvalue weighted by Gasteiger charge is 2.28. The zero-order valence-corrected chi connectivity index (χ0v) is 13.6. The molecule has 0 spiro atoms. The first-order valence-corrected chi connectivity index (χ1v) is 8.26. The lowest BCUT2D eigenvalue weighted by atomic mass is 10.2. The van der Waals surface area contributed by atoms with Crippen molar-refractivity contribution in [2.45, 2.75) is 12.5 Å². The molecule has 126 valence electrons. The van der Waals surface area contributed by atoms with E-state index in [-0.39, 0.29) is 12.0 Å². The summed E-state index contributed by atoms with van der Waals surface area (Å²) in [4.78, 5) is 18.7. The molecule has 1 aromatic heterocycles. The molecule has 4 nitrogen and oxygen atoms in total. The summed E-state index contributed by atoms with van der Waals surface area (Å²) in [6, 6.07) is 17.4. The Kier molecular flexibility index (Phi) is 4.06. The van der Waals surface area contributed by atoms with Crippen molar-refractivity contribution in [1.29, 1.82) is 0 Å². The summed E-state index contributed by atoms with van der Waals surface area (Å²) in [5.74, 6) is -0.0148. The maximum Gasteiger partial charge on any atom is 0.254 e. The van der Waals surface area contributed by atoms with Crippen LogP contribution in [0.4, 0.5) is 4.39 Å². The number of hydrogen-bond donors (Lipinski definition) is 0. The van der Waals surface area contributed by atoms with Crippen molar-refractivity contribution in [3.05, 3.63) is 72.0 Å². The normalized spacial score (nSPS) is 17.0. The van der Waals surface area contributed by atoms with Gasteiger partial charge in [0.15, 0.2) is 0 Å². The third kappa shape index (κ3) is 3.31. The van der Waals surface area contributed by atoms with Gasteiger partial charge in [0.2, 0.25) is 5.88 Å². The van der Waals surface area contributed by atoms with Crippen LogP contribution in [0.3, 0.4) is 0 Å². The van der Waals surface area contributed by atoms with Crippen molar-refractivity contribution in [2.75, 3.05) is 13.1 Å². The number of benzene rings is 2. The van der Waals surface area contributed by atoms with Crippen LogP contribution >= 0.6 is 0 Å². The lowest BCUT2D eigenvalue weighted by molar-refractivity contribution is 0.0771. The molecular weight excluding hydrogens is 319 g/mol. The number of nitrogens with zero attached hydrogens (tertiary/aromatic N) is 2. The van der Waals surface area contributed by atoms with Crippen molar-refractivity contribution in [1.82, 2.24) is 9.88 Å². The van der Waals surface area contributed by atoms with Crippen LogP contribution in [0, 0.1) is 5.82 Å². The minimum Gasteiger partial charge on any atom is -0.472 e. The van der Waals surface area contributed by atoms with Crippen molar-refractivity contribution in [3.8, 4) is 5.88 Å². The fourth-order valence-corrected chi connectivity index (χ4v) is 3.10. The maximum atomic E-state index is 13.3. The van der Waals surface area contributed by atoms with Crippen LogP contribution in [0.2, 0.25) is 0 Å². The number of pyridine rings is 1. The van der Waals surface area contributed by atoms with E-state index in [9.17, 15) is 9.18 Å². The van der Waals surface area contributed by atoms with Gasteiger partial charge in [0, 0.05) is 30.0 Å². The Hall–Kier alpha value is -2.95. The first-order chi connectivity index (χ1) is 12.2. The van der Waals surface area contributed by atoms with E-state index in [0.29, 0.717) is 24.5 Å². The van der Waals surface area contributed by atoms with Crippen molar-refractivity contribution < 1.29 is 13.9 Å². The van der Waals surface area contributed by atoms with Crippen LogP contribution < -0.4 is 4.74 Å². The van der Waals surface area contributed by atoms with Crippen LogP contribution in [0.1, 0.15) is 16.8 Å². The van der Waals surface area contributed by atoms with E-state index in [0.717, 1.165) is 17.3 Å². The zero-order chi connectivity index (χ0) is 17.2. The molecule has 0 radical (unpaired) electrons. The summed E-state index contributed by atoms with van der Waals surface area (Å²) in [6.45, 7) is 1.07. The van der Waals surface area contributed by atoms with E-state index in [4.69, 9.17) is 4.74 Å². The number of ether oxygens (including phenoxy) is 1. The molecule has 1 aliphatic heterocycles. The molecule has 1 saturated heterocycles. The van der Waals surface area contributed by atoms with Gasteiger partial charge >= 0.3 is 0 Å². The van der Waals surface area contributed by atoms with E-state index in [1.807, 2.05) is 36.4 Å². The topological polar surface area (TPSA) is 42.4 Å². The summed E-state index contributed by atoms with van der Waals surface area (Å²) in [6.07, 6.45) is 0.626. The number of amides is 1. The van der Waals surface area contributed by atoms with E-state index in [1.165, 1.54) is 12.1 Å². The summed E-state index contributed by atoms with van der Waals surface area (Å²) in [7, 11) is 0. The van der Waals surface area contributed by atoms with Gasteiger partial charge < -0.3 is 9.64 Å². The number of carbonyl (C=O) groups excluding carboxylic acids is 1. The Balaban J connectivity index is 1.44. The number of carbonyl (C=O) groups is 1. The number of likely N-dealkylation sites (tertiary alicyclic amines) is 1. The molecule has 1 atom stereocenters. The zero-order valence-electron chi connectivity index (χ0n) is 13.6. The van der Waals surface area contributed by atoms with Crippen LogP contribution in [0.15, 0.2) is 60.7 Å². The van der Waals surface area contributed by atoms with Gasteiger partial charge in [-0.05, 0) is 30.3 Å². The largest absolute Gasteiger partial charge is 0.472 e. The molecule has 1 amide bonds. The molecule has 0 saturated carbocycles. The van der Waals surface area contributed by atoms with E-state index in [2.05, 4.69) is 4.98 Å².